The average molecular weight is 319 g/mol. The summed E-state index contributed by atoms with van der Waals surface area (Å²) in [6, 6.07) is 17.1. The predicted octanol–water partition coefficient (Wildman–Crippen LogP) is 3.25. The summed E-state index contributed by atoms with van der Waals surface area (Å²) in [5.74, 6) is 0. The van der Waals surface area contributed by atoms with Gasteiger partial charge in [0.25, 0.3) is 0 Å². The zero-order valence-corrected chi connectivity index (χ0v) is 14.0. The zero-order valence-electron chi connectivity index (χ0n) is 13.1. The summed E-state index contributed by atoms with van der Waals surface area (Å²) in [5, 5.41) is 20.8. The van der Waals surface area contributed by atoms with Crippen molar-refractivity contribution < 1.29 is 10.2 Å². The molecule has 3 nitrogen and oxygen atoms in total. The number of aliphatic hydroxyl groups excluding tert-OH is 1. The van der Waals surface area contributed by atoms with Gasteiger partial charge < -0.3 is 15.5 Å². The van der Waals surface area contributed by atoms with Crippen molar-refractivity contribution in [1.82, 2.24) is 5.32 Å². The molecule has 2 rings (SSSR count). The summed E-state index contributed by atoms with van der Waals surface area (Å²) < 4.78 is 0. The van der Waals surface area contributed by atoms with Crippen molar-refractivity contribution in [2.75, 3.05) is 13.1 Å². The summed E-state index contributed by atoms with van der Waals surface area (Å²) in [5.41, 5.74) is 3.17. The number of hydrogen-bond donors (Lipinski definition) is 4. The molecule has 0 fully saturated rings. The molecule has 0 aliphatic heterocycles. The van der Waals surface area contributed by atoms with Crippen LogP contribution in [0.5, 0.6) is 0 Å². The van der Waals surface area contributed by atoms with Crippen LogP contribution in [-0.2, 0) is 0 Å². The van der Waals surface area contributed by atoms with E-state index in [-0.39, 0.29) is 0 Å². The highest BCUT2D eigenvalue weighted by Crippen LogP contribution is 2.21. The Morgan fingerprint density at radius 1 is 1.00 bits per heavy atom. The lowest BCUT2D eigenvalue weighted by Crippen LogP contribution is -2.18. The molecule has 2 aromatic carbocycles. The van der Waals surface area contributed by atoms with E-state index in [1.807, 2.05) is 6.07 Å². The third-order valence-electron chi connectivity index (χ3n) is 3.23. The van der Waals surface area contributed by atoms with Crippen LogP contribution in [0.4, 0.5) is 0 Å². The quantitative estimate of drug-likeness (QED) is 0.505. The van der Waals surface area contributed by atoms with Gasteiger partial charge in [0, 0.05) is 17.4 Å². The topological polar surface area (TPSA) is 52.5 Å². The van der Waals surface area contributed by atoms with E-state index in [2.05, 4.69) is 56.1 Å². The highest BCUT2D eigenvalue weighted by atomic mass is 32.1. The van der Waals surface area contributed by atoms with Gasteiger partial charge in [0.2, 0.25) is 0 Å². The summed E-state index contributed by atoms with van der Waals surface area (Å²) in [6.45, 7) is 6.18. The summed E-state index contributed by atoms with van der Waals surface area (Å²) in [7, 11) is 0. The highest BCUT2D eigenvalue weighted by Gasteiger charge is 2.06. The van der Waals surface area contributed by atoms with Gasteiger partial charge in [-0.1, -0.05) is 61.5 Å². The van der Waals surface area contributed by atoms with Gasteiger partial charge >= 0.3 is 0 Å². The second kappa shape index (κ2) is 10.4. The standard InChI is InChI=1S/C11H17NS.C7H8O2/c1-3-12-8-11(13)10-7-5-4-6-9(10)2;8-7(9)6-4-2-1-3-5-6/h4-7,11-13H,3,8H2,1-2H3;1-5,7-9H. The second-order valence-electron chi connectivity index (χ2n) is 4.96. The van der Waals surface area contributed by atoms with Crippen LogP contribution in [0, 0.1) is 6.92 Å². The van der Waals surface area contributed by atoms with Gasteiger partial charge in [0.05, 0.1) is 0 Å². The molecule has 0 saturated carbocycles. The molecule has 0 heterocycles. The highest BCUT2D eigenvalue weighted by molar-refractivity contribution is 7.80. The van der Waals surface area contributed by atoms with Gasteiger partial charge in [-0.2, -0.15) is 12.6 Å². The van der Waals surface area contributed by atoms with Gasteiger partial charge in [-0.05, 0) is 24.6 Å². The summed E-state index contributed by atoms with van der Waals surface area (Å²) >= 11 is 4.56. The fourth-order valence-corrected chi connectivity index (χ4v) is 2.40. The third-order valence-corrected chi connectivity index (χ3v) is 3.69. The van der Waals surface area contributed by atoms with Crippen molar-refractivity contribution in [2.24, 2.45) is 0 Å². The first-order valence-corrected chi connectivity index (χ1v) is 7.93. The van der Waals surface area contributed by atoms with Gasteiger partial charge in [-0.3, -0.25) is 0 Å². The fraction of sp³-hybridized carbons (Fsp3) is 0.333. The number of likely N-dealkylation sites (N-methyl/N-ethyl adjacent to an activating group) is 1. The van der Waals surface area contributed by atoms with Crippen molar-refractivity contribution in [3.8, 4) is 0 Å². The number of thiol groups is 1. The van der Waals surface area contributed by atoms with Crippen LogP contribution in [0.2, 0.25) is 0 Å². The molecule has 0 aromatic heterocycles. The molecule has 120 valence electrons. The number of aryl methyl sites for hydroxylation is 1. The lowest BCUT2D eigenvalue weighted by molar-refractivity contribution is -0.0424. The van der Waals surface area contributed by atoms with Crippen LogP contribution in [-0.4, -0.2) is 23.3 Å². The molecular weight excluding hydrogens is 294 g/mol. The Morgan fingerprint density at radius 3 is 2.09 bits per heavy atom. The maximum absolute atomic E-state index is 8.58. The van der Waals surface area contributed by atoms with Crippen molar-refractivity contribution in [3.05, 3.63) is 71.3 Å². The lowest BCUT2D eigenvalue weighted by Gasteiger charge is -2.13. The number of hydrogen-bond acceptors (Lipinski definition) is 4. The van der Waals surface area contributed by atoms with Crippen LogP contribution in [0.25, 0.3) is 0 Å². The molecule has 0 bridgehead atoms. The van der Waals surface area contributed by atoms with E-state index < -0.39 is 6.29 Å². The van der Waals surface area contributed by atoms with E-state index in [4.69, 9.17) is 10.2 Å². The maximum atomic E-state index is 8.58. The van der Waals surface area contributed by atoms with Crippen molar-refractivity contribution >= 4 is 12.6 Å². The average Bonchev–Trinajstić information content (AvgIpc) is 2.54. The van der Waals surface area contributed by atoms with E-state index in [1.54, 1.807) is 24.3 Å². The zero-order chi connectivity index (χ0) is 16.4. The Balaban J connectivity index is 0.000000235. The van der Waals surface area contributed by atoms with Crippen LogP contribution in [0.15, 0.2) is 54.6 Å². The number of nitrogens with one attached hydrogen (secondary N) is 1. The SMILES string of the molecule is CCNCC(S)c1ccccc1C.OC(O)c1ccccc1. The molecule has 0 saturated heterocycles. The Hall–Kier alpha value is -1.33. The molecule has 0 amide bonds. The van der Waals surface area contributed by atoms with Crippen LogP contribution in [0.1, 0.15) is 35.2 Å². The van der Waals surface area contributed by atoms with Crippen LogP contribution in [0.3, 0.4) is 0 Å². The molecule has 1 unspecified atom stereocenters. The van der Waals surface area contributed by atoms with Crippen LogP contribution >= 0.6 is 12.6 Å². The van der Waals surface area contributed by atoms with Crippen molar-refractivity contribution in [1.29, 1.82) is 0 Å². The maximum Gasteiger partial charge on any atom is 0.178 e. The van der Waals surface area contributed by atoms with Crippen LogP contribution < -0.4 is 5.32 Å². The Kier molecular flexibility index (Phi) is 8.85. The second-order valence-corrected chi connectivity index (χ2v) is 5.59. The van der Waals surface area contributed by atoms with E-state index in [1.165, 1.54) is 11.1 Å². The number of aliphatic hydroxyl groups is 2. The van der Waals surface area contributed by atoms with E-state index in [0.29, 0.717) is 10.8 Å². The first-order valence-electron chi connectivity index (χ1n) is 7.41. The monoisotopic (exact) mass is 319 g/mol. The molecule has 3 N–H and O–H groups in total. The van der Waals surface area contributed by atoms with E-state index in [9.17, 15) is 0 Å². The third kappa shape index (κ3) is 6.62. The molecule has 22 heavy (non-hydrogen) atoms. The van der Waals surface area contributed by atoms with E-state index in [0.717, 1.165) is 13.1 Å². The molecule has 0 spiro atoms. The lowest BCUT2D eigenvalue weighted by atomic mass is 10.1. The Morgan fingerprint density at radius 2 is 1.59 bits per heavy atom. The van der Waals surface area contributed by atoms with E-state index >= 15 is 0 Å². The molecule has 2 aromatic rings. The first-order chi connectivity index (χ1) is 10.6. The van der Waals surface area contributed by atoms with Gasteiger partial charge in [0.1, 0.15) is 0 Å². The number of benzene rings is 2. The Bertz CT molecular complexity index is 532. The molecular formula is C18H25NO2S. The first kappa shape index (κ1) is 18.7. The fourth-order valence-electron chi connectivity index (χ4n) is 1.98. The minimum absolute atomic E-state index is 0.307. The summed E-state index contributed by atoms with van der Waals surface area (Å²) in [4.78, 5) is 0. The van der Waals surface area contributed by atoms with Gasteiger partial charge in [-0.15, -0.1) is 0 Å². The predicted molar refractivity (Wildman–Crippen MR) is 95.1 cm³/mol. The molecule has 0 aliphatic carbocycles. The molecule has 1 atom stereocenters. The van der Waals surface area contributed by atoms with Crippen molar-refractivity contribution in [2.45, 2.75) is 25.4 Å². The minimum atomic E-state index is -1.34. The molecule has 0 aliphatic rings. The smallest absolute Gasteiger partial charge is 0.178 e. The Labute approximate surface area is 138 Å². The normalized spacial score (nSPS) is 11.7. The number of rotatable bonds is 5. The van der Waals surface area contributed by atoms with Crippen molar-refractivity contribution in [3.63, 3.8) is 0 Å². The minimum Gasteiger partial charge on any atom is -0.364 e. The summed E-state index contributed by atoms with van der Waals surface area (Å²) in [6.07, 6.45) is -1.34. The van der Waals surface area contributed by atoms with Gasteiger partial charge in [0.15, 0.2) is 6.29 Å². The largest absolute Gasteiger partial charge is 0.364 e. The molecule has 0 radical (unpaired) electrons. The molecule has 4 heteroatoms. The van der Waals surface area contributed by atoms with Gasteiger partial charge in [-0.25, -0.2) is 0 Å².